The number of hydrogen-bond donors (Lipinski definition) is 0. The van der Waals surface area contributed by atoms with Crippen LogP contribution in [0.5, 0.6) is 11.5 Å². The lowest BCUT2D eigenvalue weighted by Gasteiger charge is -2.13. The first kappa shape index (κ1) is 13.9. The van der Waals surface area contributed by atoms with Gasteiger partial charge in [-0.3, -0.25) is 0 Å². The van der Waals surface area contributed by atoms with Gasteiger partial charge in [0.2, 0.25) is 0 Å². The normalized spacial score (nSPS) is 21.2. The lowest BCUT2D eigenvalue weighted by atomic mass is 9.99. The zero-order chi connectivity index (χ0) is 14.7. The van der Waals surface area contributed by atoms with Crippen LogP contribution >= 0.6 is 0 Å². The maximum Gasteiger partial charge on any atom is 0.128 e. The number of methoxy groups -OCH3 is 2. The lowest BCUT2D eigenvalue weighted by Crippen LogP contribution is -2.00. The van der Waals surface area contributed by atoms with Crippen LogP contribution in [-0.2, 0) is 9.78 Å². The molecule has 0 bridgehead atoms. The number of rotatable bonds is 4. The molecule has 110 valence electrons. The topological polar surface area (TPSA) is 36.9 Å². The summed E-state index contributed by atoms with van der Waals surface area (Å²) in [5.74, 6) is 1.51. The third-order valence-electron chi connectivity index (χ3n) is 3.67. The molecule has 0 radical (unpaired) electrons. The van der Waals surface area contributed by atoms with E-state index in [1.54, 1.807) is 14.2 Å². The van der Waals surface area contributed by atoms with Crippen molar-refractivity contribution in [2.24, 2.45) is 0 Å². The Morgan fingerprint density at radius 2 is 1.67 bits per heavy atom. The third kappa shape index (κ3) is 2.86. The van der Waals surface area contributed by atoms with Crippen LogP contribution in [0.25, 0.3) is 0 Å². The van der Waals surface area contributed by atoms with E-state index in [1.807, 2.05) is 48.5 Å². The van der Waals surface area contributed by atoms with Crippen LogP contribution < -0.4 is 9.47 Å². The molecule has 2 aromatic carbocycles. The molecular weight excluding hydrogens is 268 g/mol. The van der Waals surface area contributed by atoms with E-state index < -0.39 is 0 Å². The molecule has 1 saturated heterocycles. The van der Waals surface area contributed by atoms with Crippen molar-refractivity contribution in [3.63, 3.8) is 0 Å². The van der Waals surface area contributed by atoms with Gasteiger partial charge in [-0.25, -0.2) is 9.78 Å². The summed E-state index contributed by atoms with van der Waals surface area (Å²) in [6.45, 7) is 0. The summed E-state index contributed by atoms with van der Waals surface area (Å²) in [5, 5.41) is 0. The van der Waals surface area contributed by atoms with Crippen molar-refractivity contribution >= 4 is 0 Å². The fourth-order valence-corrected chi connectivity index (χ4v) is 2.53. The van der Waals surface area contributed by atoms with Crippen LogP contribution in [0.2, 0.25) is 0 Å². The minimum absolute atomic E-state index is 0.0528. The molecule has 1 aliphatic heterocycles. The third-order valence-corrected chi connectivity index (χ3v) is 3.67. The standard InChI is InChI=1S/C17H18O4/c1-18-13-8-9-14(16(10-13)19-2)17-11-15(20-21-17)12-6-4-3-5-7-12/h3-10,15,17H,11H2,1-2H3/t15-,17+/m1/s1. The molecule has 1 aliphatic rings. The molecule has 4 heteroatoms. The first-order valence-corrected chi connectivity index (χ1v) is 6.91. The van der Waals surface area contributed by atoms with Crippen LogP contribution in [0.15, 0.2) is 48.5 Å². The molecule has 0 aliphatic carbocycles. The van der Waals surface area contributed by atoms with Gasteiger partial charge in [-0.15, -0.1) is 0 Å². The SMILES string of the molecule is COc1ccc([C@@H]2C[C@H](c3ccccc3)OO2)c(OC)c1. The van der Waals surface area contributed by atoms with E-state index in [-0.39, 0.29) is 12.2 Å². The fraction of sp³-hybridized carbons (Fsp3) is 0.294. The number of ether oxygens (including phenoxy) is 2. The molecule has 0 N–H and O–H groups in total. The molecule has 0 saturated carbocycles. The van der Waals surface area contributed by atoms with Crippen molar-refractivity contribution in [1.82, 2.24) is 0 Å². The van der Waals surface area contributed by atoms with Crippen LogP contribution in [0.3, 0.4) is 0 Å². The Kier molecular flexibility index (Phi) is 4.08. The summed E-state index contributed by atoms with van der Waals surface area (Å²) < 4.78 is 10.6. The van der Waals surface area contributed by atoms with Crippen molar-refractivity contribution in [2.75, 3.05) is 14.2 Å². The number of hydrogen-bond acceptors (Lipinski definition) is 4. The van der Waals surface area contributed by atoms with Gasteiger partial charge in [0, 0.05) is 18.1 Å². The Balaban J connectivity index is 1.80. The number of benzene rings is 2. The minimum Gasteiger partial charge on any atom is -0.497 e. The van der Waals surface area contributed by atoms with E-state index in [0.717, 1.165) is 29.0 Å². The van der Waals surface area contributed by atoms with Gasteiger partial charge in [-0.1, -0.05) is 30.3 Å². The second-order valence-corrected chi connectivity index (χ2v) is 4.92. The Morgan fingerprint density at radius 1 is 0.905 bits per heavy atom. The average molecular weight is 286 g/mol. The van der Waals surface area contributed by atoms with Crippen molar-refractivity contribution in [3.05, 3.63) is 59.7 Å². The van der Waals surface area contributed by atoms with Crippen LogP contribution in [-0.4, -0.2) is 14.2 Å². The van der Waals surface area contributed by atoms with Crippen LogP contribution in [0, 0.1) is 0 Å². The quantitative estimate of drug-likeness (QED) is 0.800. The fourth-order valence-electron chi connectivity index (χ4n) is 2.53. The summed E-state index contributed by atoms with van der Waals surface area (Å²) >= 11 is 0. The molecule has 0 amide bonds. The van der Waals surface area contributed by atoms with Gasteiger partial charge in [-0.05, 0) is 17.7 Å². The second kappa shape index (κ2) is 6.16. The summed E-state index contributed by atoms with van der Waals surface area (Å²) in [4.78, 5) is 11.0. The van der Waals surface area contributed by atoms with Crippen LogP contribution in [0.4, 0.5) is 0 Å². The highest BCUT2D eigenvalue weighted by Gasteiger charge is 2.31. The molecule has 4 nitrogen and oxygen atoms in total. The van der Waals surface area contributed by atoms with Crippen molar-refractivity contribution in [2.45, 2.75) is 18.6 Å². The molecule has 0 unspecified atom stereocenters. The Bertz CT molecular complexity index is 597. The summed E-state index contributed by atoms with van der Waals surface area (Å²) in [6.07, 6.45) is 0.561. The van der Waals surface area contributed by atoms with Crippen LogP contribution in [0.1, 0.15) is 29.8 Å². The van der Waals surface area contributed by atoms with Gasteiger partial charge < -0.3 is 9.47 Å². The summed E-state index contributed by atoms with van der Waals surface area (Å²) in [7, 11) is 3.28. The van der Waals surface area contributed by atoms with Gasteiger partial charge in [-0.2, -0.15) is 0 Å². The molecule has 2 atom stereocenters. The molecule has 1 fully saturated rings. The predicted molar refractivity (Wildman–Crippen MR) is 78.3 cm³/mol. The molecular formula is C17H18O4. The highest BCUT2D eigenvalue weighted by Crippen LogP contribution is 2.42. The maximum absolute atomic E-state index is 5.50. The first-order chi connectivity index (χ1) is 10.3. The first-order valence-electron chi connectivity index (χ1n) is 6.91. The van der Waals surface area contributed by atoms with E-state index in [0.29, 0.717) is 0 Å². The molecule has 0 spiro atoms. The van der Waals surface area contributed by atoms with E-state index in [1.165, 1.54) is 0 Å². The highest BCUT2D eigenvalue weighted by molar-refractivity contribution is 5.42. The minimum atomic E-state index is -0.143. The predicted octanol–water partition coefficient (Wildman–Crippen LogP) is 3.84. The van der Waals surface area contributed by atoms with Gasteiger partial charge in [0.05, 0.1) is 14.2 Å². The lowest BCUT2D eigenvalue weighted by molar-refractivity contribution is -0.300. The van der Waals surface area contributed by atoms with Crippen molar-refractivity contribution < 1.29 is 19.2 Å². The maximum atomic E-state index is 5.50. The van der Waals surface area contributed by atoms with E-state index in [4.69, 9.17) is 19.2 Å². The van der Waals surface area contributed by atoms with E-state index in [2.05, 4.69) is 0 Å². The van der Waals surface area contributed by atoms with Crippen molar-refractivity contribution in [1.29, 1.82) is 0 Å². The molecule has 0 aromatic heterocycles. The summed E-state index contributed by atoms with van der Waals surface area (Å²) in [6, 6.07) is 15.8. The largest absolute Gasteiger partial charge is 0.497 e. The average Bonchev–Trinajstić information content (AvgIpc) is 3.04. The zero-order valence-electron chi connectivity index (χ0n) is 12.1. The van der Waals surface area contributed by atoms with Gasteiger partial charge in [0.15, 0.2) is 0 Å². The Labute approximate surface area is 124 Å². The molecule has 3 rings (SSSR count). The van der Waals surface area contributed by atoms with Gasteiger partial charge in [0.25, 0.3) is 0 Å². The van der Waals surface area contributed by atoms with E-state index in [9.17, 15) is 0 Å². The monoisotopic (exact) mass is 286 g/mol. The summed E-state index contributed by atoms with van der Waals surface area (Å²) in [5.41, 5.74) is 2.09. The Hall–Kier alpha value is -2.04. The smallest absolute Gasteiger partial charge is 0.128 e. The molecule has 2 aromatic rings. The van der Waals surface area contributed by atoms with E-state index >= 15 is 0 Å². The van der Waals surface area contributed by atoms with Gasteiger partial charge in [0.1, 0.15) is 23.7 Å². The van der Waals surface area contributed by atoms with Crippen molar-refractivity contribution in [3.8, 4) is 11.5 Å². The Morgan fingerprint density at radius 3 is 2.38 bits per heavy atom. The molecule has 1 heterocycles. The second-order valence-electron chi connectivity index (χ2n) is 4.92. The molecule has 21 heavy (non-hydrogen) atoms. The highest BCUT2D eigenvalue weighted by atomic mass is 17.2. The van der Waals surface area contributed by atoms with Gasteiger partial charge >= 0.3 is 0 Å². The zero-order valence-corrected chi connectivity index (χ0v) is 12.1.